The molecule has 0 spiro atoms. The summed E-state index contributed by atoms with van der Waals surface area (Å²) in [4.78, 5) is 28.2. The van der Waals surface area contributed by atoms with E-state index in [-0.39, 0.29) is 5.91 Å². The number of carbonyl (C=O) groups is 1. The van der Waals surface area contributed by atoms with E-state index in [2.05, 4.69) is 19.8 Å². The molecule has 8 nitrogen and oxygen atoms in total. The number of anilines is 2. The lowest BCUT2D eigenvalue weighted by Gasteiger charge is -2.35. The molecule has 0 radical (unpaired) electrons. The van der Waals surface area contributed by atoms with Crippen LogP contribution in [0.2, 0.25) is 0 Å². The molecule has 0 bridgehead atoms. The van der Waals surface area contributed by atoms with Crippen LogP contribution in [0.15, 0.2) is 36.7 Å². The number of hydrogen-bond donors (Lipinski definition) is 1. The van der Waals surface area contributed by atoms with Gasteiger partial charge in [0.05, 0.1) is 12.7 Å². The molecule has 1 aromatic carbocycles. The number of aliphatic hydroxyl groups excluding tert-OH is 1. The lowest BCUT2D eigenvalue weighted by Crippen LogP contribution is -2.49. The van der Waals surface area contributed by atoms with Crippen LogP contribution in [-0.4, -0.2) is 78.9 Å². The van der Waals surface area contributed by atoms with Crippen LogP contribution in [0.25, 0.3) is 0 Å². The number of rotatable bonds is 5. The van der Waals surface area contributed by atoms with Crippen LogP contribution in [-0.2, 0) is 4.74 Å². The molecule has 0 saturated carbocycles. The van der Waals surface area contributed by atoms with E-state index in [0.717, 1.165) is 50.0 Å². The zero-order valence-corrected chi connectivity index (χ0v) is 18.8. The molecule has 1 saturated heterocycles. The third-order valence-corrected chi connectivity index (χ3v) is 6.35. The zero-order valence-electron chi connectivity index (χ0n) is 18.8. The molecule has 1 amide bonds. The number of ether oxygens (including phenoxy) is 1. The first kappa shape index (κ1) is 22.5. The van der Waals surface area contributed by atoms with Gasteiger partial charge in [-0.25, -0.2) is 9.97 Å². The molecule has 1 aromatic heterocycles. The van der Waals surface area contributed by atoms with Gasteiger partial charge in [0.15, 0.2) is 0 Å². The highest BCUT2D eigenvalue weighted by atomic mass is 16.5. The zero-order chi connectivity index (χ0) is 22.3. The fourth-order valence-electron chi connectivity index (χ4n) is 4.52. The van der Waals surface area contributed by atoms with Crippen molar-refractivity contribution >= 4 is 17.5 Å². The fraction of sp³-hybridized carbons (Fsp3) is 0.542. The van der Waals surface area contributed by atoms with Crippen molar-refractivity contribution in [2.24, 2.45) is 0 Å². The van der Waals surface area contributed by atoms with Gasteiger partial charge in [0.1, 0.15) is 0 Å². The maximum Gasteiger partial charge on any atom is 0.253 e. The normalized spacial score (nSPS) is 19.7. The summed E-state index contributed by atoms with van der Waals surface area (Å²) in [5.41, 5.74) is 2.50. The maximum absolute atomic E-state index is 13.3. The molecule has 3 heterocycles. The van der Waals surface area contributed by atoms with E-state index in [1.165, 1.54) is 0 Å². The van der Waals surface area contributed by atoms with E-state index in [1.54, 1.807) is 25.6 Å². The number of hydrogen-bond acceptors (Lipinski definition) is 7. The van der Waals surface area contributed by atoms with Crippen molar-refractivity contribution in [3.63, 3.8) is 0 Å². The number of piperazine rings is 1. The van der Waals surface area contributed by atoms with Gasteiger partial charge in [-0.1, -0.05) is 12.8 Å². The Morgan fingerprint density at radius 1 is 1.09 bits per heavy atom. The summed E-state index contributed by atoms with van der Waals surface area (Å²) < 4.78 is 5.29. The highest BCUT2D eigenvalue weighted by molar-refractivity contribution is 5.95. The van der Waals surface area contributed by atoms with Crippen LogP contribution in [0.1, 0.15) is 47.7 Å². The van der Waals surface area contributed by atoms with Gasteiger partial charge in [-0.05, 0) is 37.1 Å². The fourth-order valence-corrected chi connectivity index (χ4v) is 4.52. The molecule has 4 rings (SSSR count). The van der Waals surface area contributed by atoms with Crippen molar-refractivity contribution in [2.45, 2.75) is 31.8 Å². The van der Waals surface area contributed by atoms with Crippen molar-refractivity contribution < 1.29 is 14.6 Å². The molecule has 1 atom stereocenters. The first-order valence-corrected chi connectivity index (χ1v) is 11.5. The molecule has 1 N–H and O–H groups in total. The minimum absolute atomic E-state index is 0.0111. The van der Waals surface area contributed by atoms with Crippen LogP contribution in [0, 0.1) is 0 Å². The Morgan fingerprint density at radius 3 is 2.62 bits per heavy atom. The number of aromatic nitrogens is 2. The molecular weight excluding hydrogens is 406 g/mol. The second-order valence-electron chi connectivity index (χ2n) is 8.45. The second kappa shape index (κ2) is 10.7. The van der Waals surface area contributed by atoms with E-state index in [1.807, 2.05) is 23.1 Å². The van der Waals surface area contributed by atoms with E-state index >= 15 is 0 Å². The van der Waals surface area contributed by atoms with Gasteiger partial charge in [0, 0.05) is 75.6 Å². The van der Waals surface area contributed by atoms with Gasteiger partial charge >= 0.3 is 0 Å². The maximum atomic E-state index is 13.3. The first-order valence-electron chi connectivity index (χ1n) is 11.5. The van der Waals surface area contributed by atoms with Crippen LogP contribution in [0.5, 0.6) is 0 Å². The van der Waals surface area contributed by atoms with E-state index in [0.29, 0.717) is 44.3 Å². The van der Waals surface area contributed by atoms with Crippen molar-refractivity contribution in [1.29, 1.82) is 0 Å². The van der Waals surface area contributed by atoms with Crippen LogP contribution in [0.3, 0.4) is 0 Å². The lowest BCUT2D eigenvalue weighted by molar-refractivity contribution is 0.0746. The average Bonchev–Trinajstić information content (AvgIpc) is 2.92. The summed E-state index contributed by atoms with van der Waals surface area (Å²) in [6, 6.07) is 7.61. The predicted molar refractivity (Wildman–Crippen MR) is 124 cm³/mol. The Bertz CT molecular complexity index is 886. The topological polar surface area (TPSA) is 82.0 Å². The smallest absolute Gasteiger partial charge is 0.253 e. The molecule has 172 valence electrons. The van der Waals surface area contributed by atoms with Crippen LogP contribution >= 0.6 is 0 Å². The number of methoxy groups -OCH3 is 1. The van der Waals surface area contributed by atoms with Gasteiger partial charge < -0.3 is 24.5 Å². The first-order chi connectivity index (χ1) is 15.7. The Labute approximate surface area is 189 Å². The van der Waals surface area contributed by atoms with E-state index in [9.17, 15) is 9.90 Å². The van der Waals surface area contributed by atoms with Gasteiger partial charge in [-0.2, -0.15) is 0 Å². The Hall–Kier alpha value is -2.71. The molecule has 0 aliphatic carbocycles. The van der Waals surface area contributed by atoms with E-state index < -0.39 is 6.10 Å². The number of amides is 1. The number of carbonyl (C=O) groups excluding carboxylic acids is 1. The number of fused-ring (bicyclic) bond motifs is 1. The molecule has 1 unspecified atom stereocenters. The summed E-state index contributed by atoms with van der Waals surface area (Å²) in [7, 11) is 1.71. The van der Waals surface area contributed by atoms with Crippen molar-refractivity contribution in [3.05, 3.63) is 47.8 Å². The largest absolute Gasteiger partial charge is 0.388 e. The summed E-state index contributed by atoms with van der Waals surface area (Å²) in [6.45, 7) is 4.98. The minimum Gasteiger partial charge on any atom is -0.388 e. The Balaban J connectivity index is 1.50. The van der Waals surface area contributed by atoms with Gasteiger partial charge in [-0.3, -0.25) is 4.79 Å². The van der Waals surface area contributed by atoms with Crippen molar-refractivity contribution in [2.75, 3.05) is 62.8 Å². The minimum atomic E-state index is -0.562. The summed E-state index contributed by atoms with van der Waals surface area (Å²) in [5.74, 6) is 0.716. The van der Waals surface area contributed by atoms with Crippen LogP contribution < -0.4 is 9.80 Å². The SMILES string of the molecule is COCCN1CCCCCC(O)c2cc(C(=O)N3CCN(c4ncccn4)CC3)ccc21. The van der Waals surface area contributed by atoms with E-state index in [4.69, 9.17) is 4.74 Å². The molecule has 2 aliphatic rings. The quantitative estimate of drug-likeness (QED) is 0.766. The lowest BCUT2D eigenvalue weighted by atomic mass is 9.98. The molecule has 1 fully saturated rings. The number of nitrogens with zero attached hydrogens (tertiary/aromatic N) is 5. The van der Waals surface area contributed by atoms with Gasteiger partial charge in [-0.15, -0.1) is 0 Å². The van der Waals surface area contributed by atoms with Crippen LogP contribution in [0.4, 0.5) is 11.6 Å². The van der Waals surface area contributed by atoms with Gasteiger partial charge in [0.25, 0.3) is 5.91 Å². The monoisotopic (exact) mass is 439 g/mol. The molecule has 8 heteroatoms. The molecule has 2 aliphatic heterocycles. The summed E-state index contributed by atoms with van der Waals surface area (Å²) in [5, 5.41) is 10.9. The summed E-state index contributed by atoms with van der Waals surface area (Å²) in [6.07, 6.45) is 6.80. The highest BCUT2D eigenvalue weighted by Crippen LogP contribution is 2.33. The highest BCUT2D eigenvalue weighted by Gasteiger charge is 2.26. The van der Waals surface area contributed by atoms with Crippen molar-refractivity contribution in [3.8, 4) is 0 Å². The third-order valence-electron chi connectivity index (χ3n) is 6.35. The summed E-state index contributed by atoms with van der Waals surface area (Å²) >= 11 is 0. The molecule has 32 heavy (non-hydrogen) atoms. The molecular formula is C24H33N5O3. The molecule has 2 aromatic rings. The number of aliphatic hydroxyl groups is 1. The average molecular weight is 440 g/mol. The Morgan fingerprint density at radius 2 is 1.88 bits per heavy atom. The van der Waals surface area contributed by atoms with Gasteiger partial charge in [0.2, 0.25) is 5.95 Å². The predicted octanol–water partition coefficient (Wildman–Crippen LogP) is 2.50. The van der Waals surface area contributed by atoms with Crippen molar-refractivity contribution in [1.82, 2.24) is 14.9 Å². The standard InChI is InChI=1S/C24H33N5O3/c1-32-17-16-27-11-4-2-3-6-22(30)20-18-19(7-8-21(20)27)23(31)28-12-14-29(15-13-28)24-25-9-5-10-26-24/h5,7-10,18,22,30H,2-4,6,11-17H2,1H3. The third kappa shape index (κ3) is 5.19. The second-order valence-corrected chi connectivity index (χ2v) is 8.45. The number of benzene rings is 1. The Kier molecular flexibility index (Phi) is 7.55.